The van der Waals surface area contributed by atoms with Gasteiger partial charge in [-0.25, -0.2) is 4.98 Å². The number of hydrogen-bond donors (Lipinski definition) is 0. The maximum Gasteiger partial charge on any atom is 0.124 e. The van der Waals surface area contributed by atoms with Crippen molar-refractivity contribution in [1.82, 2.24) is 4.98 Å². The van der Waals surface area contributed by atoms with Gasteiger partial charge >= 0.3 is 0 Å². The van der Waals surface area contributed by atoms with Crippen LogP contribution in [0.5, 0.6) is 5.75 Å². The topological polar surface area (TPSA) is 22.1 Å². The van der Waals surface area contributed by atoms with Gasteiger partial charge in [0.1, 0.15) is 10.8 Å². The predicted octanol–water partition coefficient (Wildman–Crippen LogP) is 10.6. The van der Waals surface area contributed by atoms with Crippen LogP contribution in [0.15, 0.2) is 48.5 Å². The molecule has 0 amide bonds. The number of hydrogen-bond acceptors (Lipinski definition) is 3. The number of benzene rings is 2. The first-order valence-corrected chi connectivity index (χ1v) is 14.8. The Kier molecular flexibility index (Phi) is 13.1. The van der Waals surface area contributed by atoms with Crippen LogP contribution >= 0.6 is 11.3 Å². The molecule has 0 radical (unpaired) electrons. The molecule has 0 fully saturated rings. The fraction of sp³-hybridized carbons (Fsp3) is 0.581. The number of ether oxygens (including phenoxy) is 1. The highest BCUT2D eigenvalue weighted by Crippen LogP contribution is 2.30. The van der Waals surface area contributed by atoms with Crippen LogP contribution in [-0.2, 0) is 0 Å². The van der Waals surface area contributed by atoms with E-state index in [1.165, 1.54) is 101 Å². The van der Waals surface area contributed by atoms with Crippen molar-refractivity contribution in [3.63, 3.8) is 0 Å². The average Bonchev–Trinajstić information content (AvgIpc) is 3.31. The number of fused-ring (bicyclic) bond motifs is 1. The molecule has 34 heavy (non-hydrogen) atoms. The van der Waals surface area contributed by atoms with Crippen molar-refractivity contribution in [1.29, 1.82) is 0 Å². The molecular weight excluding hydrogens is 434 g/mol. The van der Waals surface area contributed by atoms with Crippen LogP contribution < -0.4 is 4.74 Å². The minimum atomic E-state index is 0.818. The van der Waals surface area contributed by atoms with Gasteiger partial charge in [-0.05, 0) is 42.8 Å². The summed E-state index contributed by atoms with van der Waals surface area (Å²) in [4.78, 5) is 4.74. The minimum absolute atomic E-state index is 0.818. The van der Waals surface area contributed by atoms with E-state index in [0.29, 0.717) is 0 Å². The standard InChI is InChI=1S/C31H45NOS/c1-2-3-4-5-6-7-8-9-10-11-12-13-14-15-16-19-26-33-28-24-22-27(23-25-28)31-32-29-20-17-18-21-30(29)34-31/h17-18,20-25H,2-16,19,26H2,1H3. The van der Waals surface area contributed by atoms with Gasteiger partial charge in [0.25, 0.3) is 0 Å². The molecule has 0 saturated carbocycles. The van der Waals surface area contributed by atoms with Gasteiger partial charge in [-0.3, -0.25) is 0 Å². The molecular formula is C31H45NOS. The zero-order valence-electron chi connectivity index (χ0n) is 21.4. The largest absolute Gasteiger partial charge is 0.494 e. The normalized spacial score (nSPS) is 11.3. The van der Waals surface area contributed by atoms with Gasteiger partial charge in [0, 0.05) is 5.56 Å². The van der Waals surface area contributed by atoms with Gasteiger partial charge in [-0.2, -0.15) is 0 Å². The van der Waals surface area contributed by atoms with Crippen molar-refractivity contribution >= 4 is 21.6 Å². The molecule has 3 rings (SSSR count). The molecule has 1 aromatic heterocycles. The number of thiazole rings is 1. The van der Waals surface area contributed by atoms with Gasteiger partial charge in [-0.1, -0.05) is 115 Å². The zero-order chi connectivity index (χ0) is 23.7. The second-order valence-electron chi connectivity index (χ2n) is 9.66. The Balaban J connectivity index is 1.14. The van der Waals surface area contributed by atoms with Gasteiger partial charge in [0.2, 0.25) is 0 Å². The van der Waals surface area contributed by atoms with Gasteiger partial charge < -0.3 is 4.74 Å². The Bertz CT molecular complexity index is 868. The lowest BCUT2D eigenvalue weighted by Crippen LogP contribution is -1.97. The van der Waals surface area contributed by atoms with Crippen LogP contribution in [0.3, 0.4) is 0 Å². The summed E-state index contributed by atoms with van der Waals surface area (Å²) in [6.45, 7) is 3.11. The van der Waals surface area contributed by atoms with Gasteiger partial charge in [0.15, 0.2) is 0 Å². The summed E-state index contributed by atoms with van der Waals surface area (Å²) in [6, 6.07) is 16.7. The summed E-state index contributed by atoms with van der Waals surface area (Å²) in [5, 5.41) is 1.07. The molecule has 1 heterocycles. The van der Waals surface area contributed by atoms with Gasteiger partial charge in [0.05, 0.1) is 16.8 Å². The fourth-order valence-corrected chi connectivity index (χ4v) is 5.50. The highest BCUT2D eigenvalue weighted by Gasteiger charge is 2.06. The maximum absolute atomic E-state index is 5.96. The van der Waals surface area contributed by atoms with E-state index in [1.54, 1.807) is 11.3 Å². The third kappa shape index (κ3) is 10.2. The molecule has 0 bridgehead atoms. The maximum atomic E-state index is 5.96. The smallest absolute Gasteiger partial charge is 0.124 e. The molecule has 0 spiro atoms. The monoisotopic (exact) mass is 479 g/mol. The fourth-order valence-electron chi connectivity index (χ4n) is 4.53. The molecule has 0 unspecified atom stereocenters. The van der Waals surface area contributed by atoms with Crippen LogP contribution in [0.2, 0.25) is 0 Å². The number of rotatable bonds is 19. The van der Waals surface area contributed by atoms with Crippen molar-refractivity contribution in [3.05, 3.63) is 48.5 Å². The lowest BCUT2D eigenvalue weighted by molar-refractivity contribution is 0.304. The minimum Gasteiger partial charge on any atom is -0.494 e. The second-order valence-corrected chi connectivity index (χ2v) is 10.7. The number of para-hydroxylation sites is 1. The summed E-state index contributed by atoms with van der Waals surface area (Å²) in [7, 11) is 0. The molecule has 0 aliphatic carbocycles. The first-order valence-electron chi connectivity index (χ1n) is 14.0. The molecule has 3 aromatic rings. The molecule has 0 saturated heterocycles. The lowest BCUT2D eigenvalue weighted by atomic mass is 10.0. The summed E-state index contributed by atoms with van der Waals surface area (Å²) < 4.78 is 7.20. The Labute approximate surface area is 212 Å². The summed E-state index contributed by atoms with van der Waals surface area (Å²) in [5.41, 5.74) is 2.24. The Morgan fingerprint density at radius 1 is 0.618 bits per heavy atom. The van der Waals surface area contributed by atoms with E-state index in [1.807, 2.05) is 6.07 Å². The third-order valence-electron chi connectivity index (χ3n) is 6.66. The molecule has 0 aliphatic rings. The van der Waals surface area contributed by atoms with Crippen LogP contribution in [0.25, 0.3) is 20.8 Å². The Morgan fingerprint density at radius 2 is 1.15 bits per heavy atom. The van der Waals surface area contributed by atoms with E-state index < -0.39 is 0 Å². The first-order chi connectivity index (χ1) is 16.9. The SMILES string of the molecule is CCCCCCCCCCCCCCCCCCOc1ccc(-c2nc3ccccc3s2)cc1. The Hall–Kier alpha value is -1.87. The van der Waals surface area contributed by atoms with Crippen LogP contribution in [0.4, 0.5) is 0 Å². The second kappa shape index (κ2) is 16.7. The summed E-state index contributed by atoms with van der Waals surface area (Å²) >= 11 is 1.75. The molecule has 0 atom stereocenters. The quantitative estimate of drug-likeness (QED) is 0.159. The lowest BCUT2D eigenvalue weighted by Gasteiger charge is -2.07. The van der Waals surface area contributed by atoms with Crippen molar-refractivity contribution in [2.45, 2.75) is 110 Å². The number of unbranched alkanes of at least 4 members (excludes halogenated alkanes) is 15. The molecule has 0 N–H and O–H groups in total. The molecule has 2 aromatic carbocycles. The highest BCUT2D eigenvalue weighted by atomic mass is 32.1. The van der Waals surface area contributed by atoms with Crippen LogP contribution in [0, 0.1) is 0 Å². The van der Waals surface area contributed by atoms with E-state index >= 15 is 0 Å². The van der Waals surface area contributed by atoms with Crippen molar-refractivity contribution in [2.75, 3.05) is 6.61 Å². The Morgan fingerprint density at radius 3 is 1.71 bits per heavy atom. The van der Waals surface area contributed by atoms with Crippen LogP contribution in [-0.4, -0.2) is 11.6 Å². The summed E-state index contributed by atoms with van der Waals surface area (Å²) in [5.74, 6) is 0.964. The summed E-state index contributed by atoms with van der Waals surface area (Å²) in [6.07, 6.45) is 22.4. The number of aromatic nitrogens is 1. The van der Waals surface area contributed by atoms with Crippen molar-refractivity contribution in [3.8, 4) is 16.3 Å². The van der Waals surface area contributed by atoms with Crippen LogP contribution in [0.1, 0.15) is 110 Å². The average molecular weight is 480 g/mol. The van der Waals surface area contributed by atoms with Crippen molar-refractivity contribution in [2.24, 2.45) is 0 Å². The van der Waals surface area contributed by atoms with Crippen molar-refractivity contribution < 1.29 is 4.74 Å². The first kappa shape index (κ1) is 26.7. The number of nitrogens with zero attached hydrogens (tertiary/aromatic N) is 1. The van der Waals surface area contributed by atoms with E-state index in [9.17, 15) is 0 Å². The molecule has 3 heteroatoms. The van der Waals surface area contributed by atoms with E-state index in [-0.39, 0.29) is 0 Å². The molecule has 186 valence electrons. The van der Waals surface area contributed by atoms with Gasteiger partial charge in [-0.15, -0.1) is 11.3 Å². The third-order valence-corrected chi connectivity index (χ3v) is 7.75. The van der Waals surface area contributed by atoms with E-state index in [4.69, 9.17) is 9.72 Å². The highest BCUT2D eigenvalue weighted by molar-refractivity contribution is 7.21. The molecule has 0 aliphatic heterocycles. The molecule has 2 nitrogen and oxygen atoms in total. The zero-order valence-corrected chi connectivity index (χ0v) is 22.2. The van der Waals surface area contributed by atoms with E-state index in [0.717, 1.165) is 34.9 Å². The predicted molar refractivity (Wildman–Crippen MR) is 150 cm³/mol. The van der Waals surface area contributed by atoms with E-state index in [2.05, 4.69) is 49.4 Å².